The minimum Gasteiger partial charge on any atom is -0.480 e. The highest BCUT2D eigenvalue weighted by Crippen LogP contribution is 2.23. The van der Waals surface area contributed by atoms with Gasteiger partial charge >= 0.3 is 5.97 Å². The molecule has 0 unspecified atom stereocenters. The predicted octanol–water partition coefficient (Wildman–Crippen LogP) is 1.86. The zero-order valence-electron chi connectivity index (χ0n) is 11.5. The Labute approximate surface area is 126 Å². The average molecular weight is 295 g/mol. The molecule has 0 saturated carbocycles. The molecular weight excluding hydrogens is 282 g/mol. The number of aliphatic carboxylic acids is 1. The van der Waals surface area contributed by atoms with Crippen molar-refractivity contribution in [2.24, 2.45) is 0 Å². The molecule has 2 rings (SSSR count). The summed E-state index contributed by atoms with van der Waals surface area (Å²) in [6.07, 6.45) is 1.26. The maximum Gasteiger partial charge on any atom is 0.322 e. The number of carbonyl (C=O) groups excluding carboxylic acids is 1. The minimum atomic E-state index is -1.17. The van der Waals surface area contributed by atoms with Crippen molar-refractivity contribution in [2.45, 2.75) is 0 Å². The summed E-state index contributed by atoms with van der Waals surface area (Å²) >= 11 is 0. The number of nitriles is 1. The lowest BCUT2D eigenvalue weighted by atomic mass is 10.1. The van der Waals surface area contributed by atoms with Crippen molar-refractivity contribution < 1.29 is 14.7 Å². The second kappa shape index (κ2) is 6.90. The summed E-state index contributed by atoms with van der Waals surface area (Å²) in [4.78, 5) is 22.1. The molecule has 2 aromatic carbocycles. The molecule has 22 heavy (non-hydrogen) atoms. The van der Waals surface area contributed by atoms with Gasteiger partial charge in [-0.15, -0.1) is 0 Å². The first kappa shape index (κ1) is 15.1. The second-order valence-electron chi connectivity index (χ2n) is 4.42. The van der Waals surface area contributed by atoms with Gasteiger partial charge in [-0.3, -0.25) is 9.59 Å². The van der Waals surface area contributed by atoms with Crippen molar-refractivity contribution in [1.82, 2.24) is 5.32 Å². The number of carbonyl (C=O) groups is 2. The number of rotatable bonds is 5. The zero-order valence-corrected chi connectivity index (χ0v) is 11.5. The molecule has 0 fully saturated rings. The summed E-state index contributed by atoms with van der Waals surface area (Å²) < 4.78 is 0. The van der Waals surface area contributed by atoms with E-state index in [-0.39, 0.29) is 5.57 Å². The highest BCUT2D eigenvalue weighted by Gasteiger charge is 2.10. The number of hydrogen-bond acceptors (Lipinski definition) is 4. The lowest BCUT2D eigenvalue weighted by Gasteiger charge is -2.07. The van der Waals surface area contributed by atoms with Crippen LogP contribution in [0.15, 0.2) is 54.2 Å². The molecule has 6 heteroatoms. The van der Waals surface area contributed by atoms with Crippen molar-refractivity contribution >= 4 is 28.3 Å². The van der Waals surface area contributed by atoms with Crippen LogP contribution in [0.1, 0.15) is 0 Å². The Kier molecular flexibility index (Phi) is 4.73. The first-order valence-electron chi connectivity index (χ1n) is 6.46. The van der Waals surface area contributed by atoms with Crippen LogP contribution in [0.25, 0.3) is 10.8 Å². The monoisotopic (exact) mass is 295 g/mol. The van der Waals surface area contributed by atoms with Crippen molar-refractivity contribution in [3.8, 4) is 6.07 Å². The fourth-order valence-electron chi connectivity index (χ4n) is 1.90. The van der Waals surface area contributed by atoms with Crippen LogP contribution < -0.4 is 10.6 Å². The maximum absolute atomic E-state index is 11.7. The van der Waals surface area contributed by atoms with Gasteiger partial charge in [0.2, 0.25) is 0 Å². The minimum absolute atomic E-state index is 0.200. The molecule has 0 heterocycles. The number of nitrogens with one attached hydrogen (secondary N) is 2. The summed E-state index contributed by atoms with van der Waals surface area (Å²) in [6.45, 7) is -0.536. The van der Waals surface area contributed by atoms with Gasteiger partial charge in [-0.25, -0.2) is 0 Å². The topological polar surface area (TPSA) is 102 Å². The first-order valence-corrected chi connectivity index (χ1v) is 6.46. The van der Waals surface area contributed by atoms with E-state index < -0.39 is 18.4 Å². The SMILES string of the molecule is N#C/C(=C/Nc1cccc2ccccc12)C(=O)NCC(=O)O. The van der Waals surface area contributed by atoms with Crippen LogP contribution in [-0.4, -0.2) is 23.5 Å². The Morgan fingerprint density at radius 2 is 1.91 bits per heavy atom. The Bertz CT molecular complexity index is 785. The maximum atomic E-state index is 11.7. The normalized spacial score (nSPS) is 10.8. The van der Waals surface area contributed by atoms with Crippen molar-refractivity contribution in [3.05, 3.63) is 54.2 Å². The average Bonchev–Trinajstić information content (AvgIpc) is 2.53. The molecule has 0 radical (unpaired) electrons. The number of hydrogen-bond donors (Lipinski definition) is 3. The largest absolute Gasteiger partial charge is 0.480 e. The van der Waals surface area contributed by atoms with Crippen molar-refractivity contribution in [2.75, 3.05) is 11.9 Å². The van der Waals surface area contributed by atoms with Crippen LogP contribution in [0.5, 0.6) is 0 Å². The quantitative estimate of drug-likeness (QED) is 0.577. The standard InChI is InChI=1S/C16H13N3O3/c17-8-12(16(22)19-10-15(20)21)9-18-14-7-3-5-11-4-1-2-6-13(11)14/h1-7,9,18H,10H2,(H,19,22)(H,20,21)/b12-9-. The van der Waals surface area contributed by atoms with Crippen LogP contribution in [0.3, 0.4) is 0 Å². The molecule has 0 aliphatic carbocycles. The summed E-state index contributed by atoms with van der Waals surface area (Å²) in [5, 5.41) is 24.5. The molecule has 0 spiro atoms. The summed E-state index contributed by atoms with van der Waals surface area (Å²) in [5.41, 5.74) is 0.547. The van der Waals surface area contributed by atoms with Crippen LogP contribution in [-0.2, 0) is 9.59 Å². The number of fused-ring (bicyclic) bond motifs is 1. The third-order valence-corrected chi connectivity index (χ3v) is 2.93. The van der Waals surface area contributed by atoms with E-state index in [1.165, 1.54) is 6.20 Å². The van der Waals surface area contributed by atoms with E-state index in [0.717, 1.165) is 16.5 Å². The highest BCUT2D eigenvalue weighted by molar-refractivity contribution is 5.99. The van der Waals surface area contributed by atoms with Crippen LogP contribution >= 0.6 is 0 Å². The molecule has 110 valence electrons. The lowest BCUT2D eigenvalue weighted by Crippen LogP contribution is -2.30. The molecular formula is C16H13N3O3. The molecule has 3 N–H and O–H groups in total. The smallest absolute Gasteiger partial charge is 0.322 e. The molecule has 2 aromatic rings. The number of nitrogens with zero attached hydrogens (tertiary/aromatic N) is 1. The molecule has 0 bridgehead atoms. The van der Waals surface area contributed by atoms with Gasteiger partial charge in [-0.2, -0.15) is 5.26 Å². The van der Waals surface area contributed by atoms with Crippen molar-refractivity contribution in [3.63, 3.8) is 0 Å². The van der Waals surface area contributed by atoms with Gasteiger partial charge in [0.25, 0.3) is 5.91 Å². The Morgan fingerprint density at radius 1 is 1.18 bits per heavy atom. The number of benzene rings is 2. The molecule has 6 nitrogen and oxygen atoms in total. The number of amides is 1. The predicted molar refractivity (Wildman–Crippen MR) is 81.9 cm³/mol. The molecule has 0 atom stereocenters. The van der Waals surface area contributed by atoms with Gasteiger partial charge in [0.15, 0.2) is 0 Å². The van der Waals surface area contributed by atoms with Gasteiger partial charge in [0.05, 0.1) is 0 Å². The van der Waals surface area contributed by atoms with Crippen LogP contribution in [0.2, 0.25) is 0 Å². The molecule has 0 aromatic heterocycles. The molecule has 1 amide bonds. The Hall–Kier alpha value is -3.33. The number of anilines is 1. The van der Waals surface area contributed by atoms with Crippen LogP contribution in [0.4, 0.5) is 5.69 Å². The van der Waals surface area contributed by atoms with E-state index in [1.807, 2.05) is 42.5 Å². The Morgan fingerprint density at radius 3 is 2.64 bits per heavy atom. The van der Waals surface area contributed by atoms with Gasteiger partial charge in [0.1, 0.15) is 18.2 Å². The van der Waals surface area contributed by atoms with E-state index in [1.54, 1.807) is 6.07 Å². The van der Waals surface area contributed by atoms with E-state index in [0.29, 0.717) is 0 Å². The third kappa shape index (κ3) is 3.61. The third-order valence-electron chi connectivity index (χ3n) is 2.93. The van der Waals surface area contributed by atoms with Gasteiger partial charge in [-0.1, -0.05) is 36.4 Å². The molecule has 0 aliphatic rings. The Balaban J connectivity index is 2.19. The summed E-state index contributed by atoms with van der Waals surface area (Å²) in [5.74, 6) is -1.91. The van der Waals surface area contributed by atoms with Gasteiger partial charge in [0, 0.05) is 17.3 Å². The van der Waals surface area contributed by atoms with E-state index in [4.69, 9.17) is 10.4 Å². The van der Waals surface area contributed by atoms with E-state index in [9.17, 15) is 9.59 Å². The summed E-state index contributed by atoms with van der Waals surface area (Å²) in [7, 11) is 0. The number of carboxylic acid groups (broad SMARTS) is 1. The molecule has 0 saturated heterocycles. The van der Waals surface area contributed by atoms with Crippen LogP contribution in [0, 0.1) is 11.3 Å². The van der Waals surface area contributed by atoms with E-state index >= 15 is 0 Å². The van der Waals surface area contributed by atoms with E-state index in [2.05, 4.69) is 10.6 Å². The molecule has 0 aliphatic heterocycles. The summed E-state index contributed by atoms with van der Waals surface area (Å²) in [6, 6.07) is 15.1. The second-order valence-corrected chi connectivity index (χ2v) is 4.42. The zero-order chi connectivity index (χ0) is 15.9. The first-order chi connectivity index (χ1) is 10.6. The van der Waals surface area contributed by atoms with Crippen molar-refractivity contribution in [1.29, 1.82) is 5.26 Å². The highest BCUT2D eigenvalue weighted by atomic mass is 16.4. The van der Waals surface area contributed by atoms with Gasteiger partial charge < -0.3 is 15.7 Å². The lowest BCUT2D eigenvalue weighted by molar-refractivity contribution is -0.137. The number of carboxylic acids is 1. The van der Waals surface area contributed by atoms with Gasteiger partial charge in [-0.05, 0) is 11.5 Å². The fraction of sp³-hybridized carbons (Fsp3) is 0.0625. The fourth-order valence-corrected chi connectivity index (χ4v) is 1.90.